The van der Waals surface area contributed by atoms with Crippen molar-refractivity contribution in [3.63, 3.8) is 0 Å². The molecule has 0 bridgehead atoms. The quantitative estimate of drug-likeness (QED) is 0.152. The topological polar surface area (TPSA) is 43.4 Å². The van der Waals surface area contributed by atoms with Gasteiger partial charge in [-0.25, -0.2) is 30.0 Å². The lowest BCUT2D eigenvalue weighted by molar-refractivity contribution is 0.354. The largest absolute Gasteiger partial charge is 0.313 e. The first-order chi connectivity index (χ1) is 16.6. The van der Waals surface area contributed by atoms with Gasteiger partial charge in [-0.3, -0.25) is 0 Å². The van der Waals surface area contributed by atoms with Crippen LogP contribution in [0.5, 0.6) is 0 Å². The fourth-order valence-electron chi connectivity index (χ4n) is 3.35. The zero-order valence-corrected chi connectivity index (χ0v) is 19.0. The molecule has 0 unspecified atom stereocenters. The van der Waals surface area contributed by atoms with Gasteiger partial charge in [0, 0.05) is 14.7 Å². The highest BCUT2D eigenvalue weighted by atomic mass is 32.3. The van der Waals surface area contributed by atoms with Gasteiger partial charge in [0.2, 0.25) is 5.82 Å². The highest BCUT2D eigenvalue weighted by Gasteiger charge is 2.42. The first-order valence-corrected chi connectivity index (χ1v) is 12.7. The van der Waals surface area contributed by atoms with Crippen molar-refractivity contribution in [2.75, 3.05) is 0 Å². The Morgan fingerprint density at radius 2 is 0.857 bits per heavy atom. The number of hydrogen-bond acceptors (Lipinski definition) is 3. The molecule has 11 heteroatoms. The van der Waals surface area contributed by atoms with Gasteiger partial charge in [-0.15, -0.1) is 0 Å². The summed E-state index contributed by atoms with van der Waals surface area (Å²) in [6.45, 7) is 0. The van der Waals surface area contributed by atoms with E-state index in [2.05, 4.69) is 0 Å². The predicted octanol–water partition coefficient (Wildman–Crippen LogP) is 7.12. The van der Waals surface area contributed by atoms with Gasteiger partial charge in [0.25, 0.3) is 0 Å². The lowest BCUT2D eigenvalue weighted by Gasteiger charge is -2.39. The molecule has 0 atom stereocenters. The van der Waals surface area contributed by atoms with Crippen molar-refractivity contribution in [1.82, 2.24) is 0 Å². The monoisotopic (exact) mass is 528 g/mol. The first kappa shape index (κ1) is 24.8. The molecule has 0 heterocycles. The molecule has 0 spiro atoms. The normalized spacial score (nSPS) is 12.5. The molecule has 0 saturated heterocycles. The summed E-state index contributed by atoms with van der Waals surface area (Å²) >= 11 is 0. The Labute approximate surface area is 198 Å². The molecule has 0 N–H and O–H groups in total. The highest BCUT2D eigenvalue weighted by molar-refractivity contribution is 8.33. The van der Waals surface area contributed by atoms with Crippen LogP contribution in [0.3, 0.4) is 0 Å². The number of rotatable bonds is 6. The summed E-state index contributed by atoms with van der Waals surface area (Å²) in [6.07, 6.45) is 0. The van der Waals surface area contributed by atoms with Crippen LogP contribution in [0.2, 0.25) is 0 Å². The molecule has 4 aromatic rings. The number of halogens is 6. The highest BCUT2D eigenvalue weighted by Crippen LogP contribution is 2.70. The van der Waals surface area contributed by atoms with Crippen molar-refractivity contribution in [3.05, 3.63) is 120 Å². The molecule has 0 aliphatic carbocycles. The minimum atomic E-state index is -5.65. The Morgan fingerprint density at radius 1 is 0.486 bits per heavy atom. The molecule has 0 amide bonds. The van der Waals surface area contributed by atoms with Crippen molar-refractivity contribution in [2.45, 2.75) is 19.6 Å². The first-order valence-electron chi connectivity index (χ1n) is 9.76. The minimum Gasteiger partial charge on any atom is -0.207 e. The lowest BCUT2D eigenvalue weighted by Crippen LogP contribution is -2.19. The van der Waals surface area contributed by atoms with Crippen LogP contribution >= 0.6 is 10.3 Å². The van der Waals surface area contributed by atoms with Crippen LogP contribution in [0, 0.1) is 34.9 Å². The standard InChI is InChI=1S/C24H14F6O3S2/c25-15-11-13-18(14-12-15)34(16-7-3-1-4-8-16,17-9-5-2-6-10-17)33-35(31,32)24-22(29)20(27)19(26)21(28)23(24)30/h1-14H. The van der Waals surface area contributed by atoms with Gasteiger partial charge in [-0.1, -0.05) is 36.4 Å². The van der Waals surface area contributed by atoms with E-state index in [1.165, 1.54) is 60.7 Å². The molecule has 0 fully saturated rings. The third kappa shape index (κ3) is 4.30. The van der Waals surface area contributed by atoms with Crippen LogP contribution in [-0.4, -0.2) is 8.42 Å². The molecule has 4 rings (SSSR count). The summed E-state index contributed by atoms with van der Waals surface area (Å²) in [5.41, 5.74) is 0. The van der Waals surface area contributed by atoms with E-state index in [1.54, 1.807) is 12.1 Å². The summed E-state index contributed by atoms with van der Waals surface area (Å²) in [5, 5.41) is 0. The fourth-order valence-corrected chi connectivity index (χ4v) is 8.67. The van der Waals surface area contributed by atoms with Gasteiger partial charge in [0.05, 0.1) is 0 Å². The predicted molar refractivity (Wildman–Crippen MR) is 116 cm³/mol. The molecule has 3 nitrogen and oxygen atoms in total. The Kier molecular flexibility index (Phi) is 6.67. The summed E-state index contributed by atoms with van der Waals surface area (Å²) < 4.78 is 116. The number of benzene rings is 4. The molecule has 0 aliphatic rings. The van der Waals surface area contributed by atoms with Crippen molar-refractivity contribution < 1.29 is 38.4 Å². The van der Waals surface area contributed by atoms with E-state index >= 15 is 0 Å². The minimum absolute atomic E-state index is 0.0868. The maximum absolute atomic E-state index is 14.5. The second-order valence-electron chi connectivity index (χ2n) is 7.06. The second-order valence-corrected chi connectivity index (χ2v) is 11.4. The zero-order valence-electron chi connectivity index (χ0n) is 17.4. The van der Waals surface area contributed by atoms with Crippen LogP contribution in [0.25, 0.3) is 0 Å². The molecule has 35 heavy (non-hydrogen) atoms. The third-order valence-electron chi connectivity index (χ3n) is 4.91. The van der Waals surface area contributed by atoms with E-state index in [1.807, 2.05) is 0 Å². The summed E-state index contributed by atoms with van der Waals surface area (Å²) in [4.78, 5) is -1.64. The van der Waals surface area contributed by atoms with Gasteiger partial charge >= 0.3 is 10.1 Å². The average molecular weight is 528 g/mol. The summed E-state index contributed by atoms with van der Waals surface area (Å²) in [7, 11) is -9.10. The molecule has 0 radical (unpaired) electrons. The summed E-state index contributed by atoms with van der Waals surface area (Å²) in [6, 6.07) is 19.8. The molecule has 0 aliphatic heterocycles. The van der Waals surface area contributed by atoms with Gasteiger partial charge in [-0.2, -0.15) is 8.42 Å². The smallest absolute Gasteiger partial charge is 0.207 e. The van der Waals surface area contributed by atoms with Gasteiger partial charge in [0.1, 0.15) is 5.82 Å². The summed E-state index contributed by atoms with van der Waals surface area (Å²) in [5.74, 6) is -13.2. The van der Waals surface area contributed by atoms with Crippen molar-refractivity contribution >= 4 is 20.4 Å². The lowest BCUT2D eigenvalue weighted by atomic mass is 10.3. The van der Waals surface area contributed by atoms with Crippen LogP contribution in [-0.2, 0) is 13.7 Å². The Hall–Kier alpha value is -3.28. The van der Waals surface area contributed by atoms with E-state index in [9.17, 15) is 34.8 Å². The van der Waals surface area contributed by atoms with E-state index < -0.39 is 60.2 Å². The zero-order chi connectivity index (χ0) is 25.4. The second kappa shape index (κ2) is 9.40. The van der Waals surface area contributed by atoms with Gasteiger partial charge in [0.15, 0.2) is 28.2 Å². The Morgan fingerprint density at radius 3 is 1.29 bits per heavy atom. The van der Waals surface area contributed by atoms with E-state index in [0.717, 1.165) is 12.1 Å². The Balaban J connectivity index is 2.07. The molecule has 182 valence electrons. The fraction of sp³-hybridized carbons (Fsp3) is 0. The van der Waals surface area contributed by atoms with Gasteiger partial charge in [-0.05, 0) is 58.8 Å². The molecule has 0 saturated carbocycles. The number of hydrogen-bond donors (Lipinski definition) is 0. The van der Waals surface area contributed by atoms with Crippen LogP contribution in [0.4, 0.5) is 26.3 Å². The average Bonchev–Trinajstić information content (AvgIpc) is 2.86. The van der Waals surface area contributed by atoms with Crippen molar-refractivity contribution in [3.8, 4) is 0 Å². The molecular formula is C24H14F6O3S2. The maximum Gasteiger partial charge on any atom is 0.313 e. The van der Waals surface area contributed by atoms with Gasteiger partial charge < -0.3 is 0 Å². The van der Waals surface area contributed by atoms with Crippen molar-refractivity contribution in [2.24, 2.45) is 0 Å². The molecule has 0 aromatic heterocycles. The van der Waals surface area contributed by atoms with E-state index in [4.69, 9.17) is 3.63 Å². The van der Waals surface area contributed by atoms with Crippen LogP contribution < -0.4 is 0 Å². The molecule has 4 aromatic carbocycles. The van der Waals surface area contributed by atoms with Crippen LogP contribution in [0.15, 0.2) is 105 Å². The maximum atomic E-state index is 14.5. The SMILES string of the molecule is O=S(=O)(OS(c1ccccc1)(c1ccccc1)c1ccc(F)cc1)c1c(F)c(F)c(F)c(F)c1F. The van der Waals surface area contributed by atoms with Crippen LogP contribution in [0.1, 0.15) is 0 Å². The Bertz CT molecular complexity index is 1410. The van der Waals surface area contributed by atoms with E-state index in [-0.39, 0.29) is 14.7 Å². The third-order valence-corrected chi connectivity index (χ3v) is 10.1. The van der Waals surface area contributed by atoms with Crippen molar-refractivity contribution in [1.29, 1.82) is 0 Å². The molecular weight excluding hydrogens is 514 g/mol. The van der Waals surface area contributed by atoms with E-state index in [0.29, 0.717) is 0 Å².